The van der Waals surface area contributed by atoms with Gasteiger partial charge in [-0.05, 0) is 19.9 Å². The Kier molecular flexibility index (Phi) is 4.08. The average molecular weight is 250 g/mol. The zero-order valence-electron chi connectivity index (χ0n) is 9.14. The van der Waals surface area contributed by atoms with Crippen molar-refractivity contribution in [3.05, 3.63) is 0 Å². The lowest BCUT2D eigenvalue weighted by atomic mass is 10.1. The Bertz CT molecular complexity index is 340. The van der Waals surface area contributed by atoms with Gasteiger partial charge in [-0.1, -0.05) is 19.1 Å². The van der Waals surface area contributed by atoms with Crippen molar-refractivity contribution in [2.45, 2.75) is 31.8 Å². The van der Waals surface area contributed by atoms with E-state index in [0.717, 1.165) is 6.42 Å². The van der Waals surface area contributed by atoms with Crippen molar-refractivity contribution in [2.75, 3.05) is 18.6 Å². The molecule has 0 aliphatic carbocycles. The molecule has 0 spiro atoms. The molecule has 0 aromatic carbocycles. The largest absolute Gasteiger partial charge is 0.392 e. The minimum atomic E-state index is -2.83. The van der Waals surface area contributed by atoms with E-state index in [2.05, 4.69) is 0 Å². The first-order chi connectivity index (χ1) is 6.87. The second-order valence-corrected chi connectivity index (χ2v) is 6.75. The molecule has 0 aromatic heterocycles. The highest BCUT2D eigenvalue weighted by molar-refractivity contribution is 7.91. The first-order valence-electron chi connectivity index (χ1n) is 5.09. The van der Waals surface area contributed by atoms with Crippen molar-refractivity contribution in [1.29, 1.82) is 0 Å². The molecule has 1 rings (SSSR count). The van der Waals surface area contributed by atoms with Gasteiger partial charge >= 0.3 is 0 Å². The maximum absolute atomic E-state index is 11.3. The summed E-state index contributed by atoms with van der Waals surface area (Å²) in [4.78, 5) is 2.46. The normalized spacial score (nSPS) is 26.7. The van der Waals surface area contributed by atoms with Gasteiger partial charge in [0.25, 0.3) is 0 Å². The number of nitrogens with zero attached hydrogens (tertiary/aromatic N) is 1. The van der Waals surface area contributed by atoms with E-state index >= 15 is 0 Å². The molecule has 1 heterocycles. The van der Waals surface area contributed by atoms with Gasteiger partial charge in [0.05, 0.1) is 22.5 Å². The molecule has 1 aliphatic rings. The van der Waals surface area contributed by atoms with E-state index in [4.69, 9.17) is 18.0 Å². The van der Waals surface area contributed by atoms with Gasteiger partial charge in [-0.3, -0.25) is 4.90 Å². The Morgan fingerprint density at radius 2 is 2.27 bits per heavy atom. The van der Waals surface area contributed by atoms with Crippen molar-refractivity contribution >= 4 is 27.0 Å². The average Bonchev–Trinajstić information content (AvgIpc) is 2.46. The van der Waals surface area contributed by atoms with Gasteiger partial charge in [-0.2, -0.15) is 0 Å². The van der Waals surface area contributed by atoms with Gasteiger partial charge in [0.1, 0.15) is 0 Å². The van der Waals surface area contributed by atoms with Crippen LogP contribution in [0.1, 0.15) is 19.8 Å². The topological polar surface area (TPSA) is 63.4 Å². The molecule has 0 bridgehead atoms. The lowest BCUT2D eigenvalue weighted by molar-refractivity contribution is 0.227. The van der Waals surface area contributed by atoms with E-state index in [0.29, 0.717) is 11.4 Å². The third-order valence-corrected chi connectivity index (χ3v) is 5.01. The maximum atomic E-state index is 11.3. The molecule has 15 heavy (non-hydrogen) atoms. The molecule has 0 saturated carbocycles. The number of hydrogen-bond acceptors (Lipinski definition) is 4. The molecule has 4 nitrogen and oxygen atoms in total. The predicted octanol–water partition coefficient (Wildman–Crippen LogP) is 0.170. The summed E-state index contributed by atoms with van der Waals surface area (Å²) in [5.74, 6) is 0.526. The Labute approximate surface area is 96.7 Å². The highest BCUT2D eigenvalue weighted by atomic mass is 32.2. The summed E-state index contributed by atoms with van der Waals surface area (Å²) in [6.07, 6.45) is 1.51. The summed E-state index contributed by atoms with van der Waals surface area (Å²) in [7, 11) is -0.932. The van der Waals surface area contributed by atoms with Crippen LogP contribution in [0.5, 0.6) is 0 Å². The van der Waals surface area contributed by atoms with Gasteiger partial charge in [-0.25, -0.2) is 8.42 Å². The molecule has 0 amide bonds. The van der Waals surface area contributed by atoms with Crippen LogP contribution in [-0.4, -0.2) is 48.9 Å². The second kappa shape index (κ2) is 4.76. The van der Waals surface area contributed by atoms with Gasteiger partial charge in [0.15, 0.2) is 9.84 Å². The summed E-state index contributed by atoms with van der Waals surface area (Å²) in [6.45, 7) is 2.00. The zero-order chi connectivity index (χ0) is 11.6. The molecular weight excluding hydrogens is 232 g/mol. The smallest absolute Gasteiger partial charge is 0.151 e. The number of nitrogens with two attached hydrogens (primary N) is 1. The molecule has 88 valence electrons. The molecule has 1 saturated heterocycles. The predicted molar refractivity (Wildman–Crippen MR) is 65.7 cm³/mol. The first-order valence-corrected chi connectivity index (χ1v) is 7.32. The highest BCUT2D eigenvalue weighted by Gasteiger charge is 2.33. The van der Waals surface area contributed by atoms with E-state index in [9.17, 15) is 8.42 Å². The Balaban J connectivity index is 2.69. The Morgan fingerprint density at radius 3 is 2.60 bits per heavy atom. The highest BCUT2D eigenvalue weighted by Crippen LogP contribution is 2.19. The lowest BCUT2D eigenvalue weighted by Crippen LogP contribution is -2.47. The fourth-order valence-electron chi connectivity index (χ4n) is 2.04. The Morgan fingerprint density at radius 1 is 1.67 bits per heavy atom. The van der Waals surface area contributed by atoms with Crippen molar-refractivity contribution in [3.8, 4) is 0 Å². The fraction of sp³-hybridized carbons (Fsp3) is 0.889. The van der Waals surface area contributed by atoms with Crippen molar-refractivity contribution in [1.82, 2.24) is 4.90 Å². The van der Waals surface area contributed by atoms with Crippen LogP contribution < -0.4 is 5.73 Å². The summed E-state index contributed by atoms with van der Waals surface area (Å²) >= 11 is 4.97. The molecule has 6 heteroatoms. The standard InChI is InChI=1S/C9H18N2O2S2/c1-3-8(9(10)14)11(2)7-4-5-15(12,13)6-7/h7-8H,3-6H2,1-2H3,(H2,10,14). The molecule has 2 unspecified atom stereocenters. The minimum Gasteiger partial charge on any atom is -0.392 e. The van der Waals surface area contributed by atoms with E-state index < -0.39 is 9.84 Å². The van der Waals surface area contributed by atoms with Gasteiger partial charge < -0.3 is 5.73 Å². The summed E-state index contributed by atoms with van der Waals surface area (Å²) in [5, 5.41) is 0. The van der Waals surface area contributed by atoms with Crippen molar-refractivity contribution in [3.63, 3.8) is 0 Å². The van der Waals surface area contributed by atoms with Crippen molar-refractivity contribution < 1.29 is 8.42 Å². The van der Waals surface area contributed by atoms with Crippen molar-refractivity contribution in [2.24, 2.45) is 5.73 Å². The van der Waals surface area contributed by atoms with Crippen LogP contribution in [0.15, 0.2) is 0 Å². The molecule has 0 aromatic rings. The van der Waals surface area contributed by atoms with E-state index in [-0.39, 0.29) is 23.6 Å². The van der Waals surface area contributed by atoms with Crippen LogP contribution in [0.4, 0.5) is 0 Å². The quantitative estimate of drug-likeness (QED) is 0.721. The van der Waals surface area contributed by atoms with E-state index in [1.54, 1.807) is 0 Å². The number of rotatable bonds is 4. The third kappa shape index (κ3) is 3.12. The molecule has 1 fully saturated rings. The zero-order valence-corrected chi connectivity index (χ0v) is 10.8. The van der Waals surface area contributed by atoms with Gasteiger partial charge in [-0.15, -0.1) is 0 Å². The summed E-state index contributed by atoms with van der Waals surface area (Å²) in [5.41, 5.74) is 5.62. The van der Waals surface area contributed by atoms with Gasteiger partial charge in [0, 0.05) is 6.04 Å². The lowest BCUT2D eigenvalue weighted by Gasteiger charge is -2.30. The van der Waals surface area contributed by atoms with Crippen LogP contribution in [0.2, 0.25) is 0 Å². The number of likely N-dealkylation sites (N-methyl/N-ethyl adjacent to an activating group) is 1. The Hall–Kier alpha value is -0.200. The number of thiocarbonyl (C=S) groups is 1. The summed E-state index contributed by atoms with van der Waals surface area (Å²) in [6, 6.07) is 0.0831. The van der Waals surface area contributed by atoms with E-state index in [1.807, 2.05) is 18.9 Å². The SMILES string of the molecule is CCC(C(N)=S)N(C)C1CCS(=O)(=O)C1. The fourth-order valence-corrected chi connectivity index (χ4v) is 4.16. The molecule has 1 aliphatic heterocycles. The molecule has 0 radical (unpaired) electrons. The number of hydrogen-bond donors (Lipinski definition) is 1. The van der Waals surface area contributed by atoms with Crippen LogP contribution >= 0.6 is 12.2 Å². The van der Waals surface area contributed by atoms with Crippen LogP contribution in [0, 0.1) is 0 Å². The first kappa shape index (κ1) is 12.9. The molecular formula is C9H18N2O2S2. The van der Waals surface area contributed by atoms with Crippen LogP contribution in [0.3, 0.4) is 0 Å². The van der Waals surface area contributed by atoms with E-state index in [1.165, 1.54) is 0 Å². The minimum absolute atomic E-state index is 0.0123. The third-order valence-electron chi connectivity index (χ3n) is 2.99. The maximum Gasteiger partial charge on any atom is 0.151 e. The van der Waals surface area contributed by atoms with Gasteiger partial charge in [0.2, 0.25) is 0 Å². The monoisotopic (exact) mass is 250 g/mol. The molecule has 2 atom stereocenters. The second-order valence-electron chi connectivity index (χ2n) is 4.05. The molecule has 2 N–H and O–H groups in total. The summed E-state index contributed by atoms with van der Waals surface area (Å²) < 4.78 is 22.7. The van der Waals surface area contributed by atoms with Crippen LogP contribution in [0.25, 0.3) is 0 Å². The number of sulfone groups is 1. The van der Waals surface area contributed by atoms with Crippen LogP contribution in [-0.2, 0) is 9.84 Å².